The third-order valence-corrected chi connectivity index (χ3v) is 3.13. The summed E-state index contributed by atoms with van der Waals surface area (Å²) in [7, 11) is 0. The number of aliphatic hydroxyl groups is 3. The number of nitrogens with two attached hydrogens (primary N) is 2. The number of aliphatic hydroxyl groups excluding tert-OH is 3. The van der Waals surface area contributed by atoms with Crippen LogP contribution >= 0.6 is 0 Å². The second-order valence-corrected chi connectivity index (χ2v) is 4.31. The Kier molecular flexibility index (Phi) is 4.04. The topological polar surface area (TPSA) is 151 Å². The van der Waals surface area contributed by atoms with E-state index < -0.39 is 31.1 Å². The van der Waals surface area contributed by atoms with Crippen molar-refractivity contribution in [2.75, 3.05) is 23.0 Å². The Bertz CT molecular complexity index is 500. The molecule has 110 valence electrons. The second-order valence-electron chi connectivity index (χ2n) is 4.31. The van der Waals surface area contributed by atoms with E-state index in [0.29, 0.717) is 0 Å². The van der Waals surface area contributed by atoms with E-state index in [0.717, 1.165) is 0 Å². The molecule has 1 aliphatic rings. The van der Waals surface area contributed by atoms with Crippen LogP contribution in [0.3, 0.4) is 0 Å². The van der Waals surface area contributed by atoms with Gasteiger partial charge in [0.15, 0.2) is 17.9 Å². The first-order valence-electron chi connectivity index (χ1n) is 5.90. The summed E-state index contributed by atoms with van der Waals surface area (Å²) in [4.78, 5) is 9.03. The smallest absolute Gasteiger partial charge is 0.164 e. The summed E-state index contributed by atoms with van der Waals surface area (Å²) in [5, 5.41) is 28.8. The van der Waals surface area contributed by atoms with Crippen molar-refractivity contribution >= 4 is 17.3 Å². The van der Waals surface area contributed by atoms with Gasteiger partial charge in [0.05, 0.1) is 6.61 Å². The molecule has 0 bridgehead atoms. The van der Waals surface area contributed by atoms with Crippen LogP contribution < -0.4 is 16.4 Å². The first-order chi connectivity index (χ1) is 9.51. The fourth-order valence-electron chi connectivity index (χ4n) is 2.03. The lowest BCUT2D eigenvalue weighted by atomic mass is 10.1. The van der Waals surface area contributed by atoms with E-state index in [1.165, 1.54) is 17.4 Å². The lowest BCUT2D eigenvalue weighted by Gasteiger charge is -2.28. The number of nitrogen functional groups attached to an aromatic ring is 2. The Hall–Kier alpha value is -1.94. The van der Waals surface area contributed by atoms with Crippen molar-refractivity contribution in [3.8, 4) is 0 Å². The minimum atomic E-state index is -1.26. The molecule has 0 amide bonds. The summed E-state index contributed by atoms with van der Waals surface area (Å²) in [6.45, 7) is 3.17. The molecule has 9 heteroatoms. The molecule has 0 aliphatic carbocycles. The van der Waals surface area contributed by atoms with Gasteiger partial charge in [-0.25, -0.2) is 9.97 Å². The molecule has 2 unspecified atom stereocenters. The Labute approximate surface area is 115 Å². The fraction of sp³-hybridized carbons (Fsp3) is 0.455. The van der Waals surface area contributed by atoms with Gasteiger partial charge in [-0.1, -0.05) is 6.58 Å². The quantitative estimate of drug-likeness (QED) is 0.423. The van der Waals surface area contributed by atoms with Gasteiger partial charge in [-0.15, -0.1) is 0 Å². The number of anilines is 3. The molecule has 1 aliphatic heterocycles. The molecule has 0 spiro atoms. The molecule has 1 fully saturated rings. The van der Waals surface area contributed by atoms with Crippen LogP contribution in [-0.2, 0) is 4.74 Å². The van der Waals surface area contributed by atoms with Crippen LogP contribution in [0, 0.1) is 0 Å². The first-order valence-corrected chi connectivity index (χ1v) is 5.90. The Morgan fingerprint density at radius 3 is 2.60 bits per heavy atom. The molecule has 7 N–H and O–H groups in total. The first kappa shape index (κ1) is 14.5. The summed E-state index contributed by atoms with van der Waals surface area (Å²) in [5.74, 6) is 0.274. The lowest BCUT2D eigenvalue weighted by molar-refractivity contribution is -0.0203. The third kappa shape index (κ3) is 2.27. The molecule has 1 aromatic heterocycles. The monoisotopic (exact) mass is 283 g/mol. The van der Waals surface area contributed by atoms with Gasteiger partial charge < -0.3 is 36.4 Å². The van der Waals surface area contributed by atoms with Gasteiger partial charge in [-0.2, -0.15) is 0 Å². The van der Waals surface area contributed by atoms with Crippen molar-refractivity contribution < 1.29 is 20.1 Å². The molecule has 0 radical (unpaired) electrons. The van der Waals surface area contributed by atoms with E-state index in [2.05, 4.69) is 16.5 Å². The predicted molar refractivity (Wildman–Crippen MR) is 71.3 cm³/mol. The number of hydrogen-bond acceptors (Lipinski definition) is 9. The maximum absolute atomic E-state index is 9.99. The van der Waals surface area contributed by atoms with Gasteiger partial charge in [0.25, 0.3) is 0 Å². The zero-order valence-electron chi connectivity index (χ0n) is 10.6. The third-order valence-electron chi connectivity index (χ3n) is 3.13. The van der Waals surface area contributed by atoms with Crippen molar-refractivity contribution in [2.24, 2.45) is 0 Å². The Morgan fingerprint density at radius 1 is 1.35 bits per heavy atom. The van der Waals surface area contributed by atoms with E-state index >= 15 is 0 Å². The molecule has 0 saturated carbocycles. The van der Waals surface area contributed by atoms with Crippen LogP contribution in [0.25, 0.3) is 0 Å². The largest absolute Gasteiger partial charge is 0.394 e. The van der Waals surface area contributed by atoms with Crippen LogP contribution in [0.1, 0.15) is 0 Å². The van der Waals surface area contributed by atoms with Crippen LogP contribution in [0.15, 0.2) is 19.1 Å². The maximum atomic E-state index is 9.99. The molecule has 9 nitrogen and oxygen atoms in total. The fourth-order valence-corrected chi connectivity index (χ4v) is 2.03. The van der Waals surface area contributed by atoms with E-state index in [4.69, 9.17) is 21.3 Å². The summed E-state index contributed by atoms with van der Waals surface area (Å²) in [5.41, 5.74) is 11.5. The molecule has 1 saturated heterocycles. The van der Waals surface area contributed by atoms with Crippen LogP contribution in [0.5, 0.6) is 0 Å². The zero-order valence-corrected chi connectivity index (χ0v) is 10.6. The molecule has 4 atom stereocenters. The number of hydrogen-bond donors (Lipinski definition) is 5. The lowest BCUT2D eigenvalue weighted by Crippen LogP contribution is -2.42. The predicted octanol–water partition coefficient (Wildman–Crippen LogP) is -1.97. The minimum absolute atomic E-state index is 0.0774. The maximum Gasteiger partial charge on any atom is 0.164 e. The second kappa shape index (κ2) is 5.59. The van der Waals surface area contributed by atoms with Gasteiger partial charge in [0.2, 0.25) is 0 Å². The minimum Gasteiger partial charge on any atom is -0.394 e. The van der Waals surface area contributed by atoms with Gasteiger partial charge in [0, 0.05) is 6.20 Å². The van der Waals surface area contributed by atoms with Crippen molar-refractivity contribution in [2.45, 2.75) is 24.5 Å². The van der Waals surface area contributed by atoms with Gasteiger partial charge in [-0.3, -0.25) is 0 Å². The number of ether oxygens (including phenoxy) is 1. The van der Waals surface area contributed by atoms with Gasteiger partial charge >= 0.3 is 0 Å². The molecular formula is C11H17N5O4. The van der Waals surface area contributed by atoms with Gasteiger partial charge in [-0.05, 0) is 0 Å². The highest BCUT2D eigenvalue weighted by atomic mass is 16.6. The molecule has 20 heavy (non-hydrogen) atoms. The molecule has 2 rings (SSSR count). The number of aromatic nitrogens is 2. The Balaban J connectivity index is 2.34. The van der Waals surface area contributed by atoms with Crippen molar-refractivity contribution in [1.82, 2.24) is 9.97 Å². The average molecular weight is 283 g/mol. The van der Waals surface area contributed by atoms with E-state index in [1.807, 2.05) is 0 Å². The summed E-state index contributed by atoms with van der Waals surface area (Å²) >= 11 is 0. The number of nitrogens with zero attached hydrogens (tertiary/aromatic N) is 3. The molecular weight excluding hydrogens is 266 g/mol. The van der Waals surface area contributed by atoms with Gasteiger partial charge in [0.1, 0.15) is 30.3 Å². The average Bonchev–Trinajstić information content (AvgIpc) is 2.72. The molecule has 0 aromatic carbocycles. The zero-order chi connectivity index (χ0) is 14.9. The van der Waals surface area contributed by atoms with Crippen LogP contribution in [0.2, 0.25) is 0 Å². The highest BCUT2D eigenvalue weighted by Gasteiger charge is 2.45. The highest BCUT2D eigenvalue weighted by molar-refractivity contribution is 5.74. The Morgan fingerprint density at radius 2 is 2.05 bits per heavy atom. The van der Waals surface area contributed by atoms with Crippen LogP contribution in [0.4, 0.5) is 17.3 Å². The summed E-state index contributed by atoms with van der Waals surface area (Å²) in [6, 6.07) is 0. The van der Waals surface area contributed by atoms with Crippen molar-refractivity contribution in [1.29, 1.82) is 0 Å². The van der Waals surface area contributed by atoms with Crippen molar-refractivity contribution in [3.63, 3.8) is 0 Å². The highest BCUT2D eigenvalue weighted by Crippen LogP contribution is 2.31. The van der Waals surface area contributed by atoms with E-state index in [1.54, 1.807) is 0 Å². The summed E-state index contributed by atoms with van der Waals surface area (Å²) < 4.78 is 5.39. The van der Waals surface area contributed by atoms with E-state index in [-0.39, 0.29) is 17.3 Å². The SMILES string of the molecule is C=CN(c1ncnc(N)c1N)[C@@H]1O[C@H](CO)C(O)C1O. The van der Waals surface area contributed by atoms with Crippen LogP contribution in [-0.4, -0.2) is 56.4 Å². The summed E-state index contributed by atoms with van der Waals surface area (Å²) in [6.07, 6.45) is -1.85. The van der Waals surface area contributed by atoms with Crippen molar-refractivity contribution in [3.05, 3.63) is 19.1 Å². The molecule has 2 heterocycles. The van der Waals surface area contributed by atoms with E-state index in [9.17, 15) is 10.2 Å². The molecule has 1 aromatic rings. The standard InChI is InChI=1S/C11H17N5O4/c1-2-16(10-6(12)9(13)14-4-15-10)11-8(19)7(18)5(3-17)20-11/h2,4-5,7-8,11,17-19H,1,3,12H2,(H2,13,14,15)/t5-,7?,8?,11-/m1/s1. The number of rotatable bonds is 4. The normalized spacial score (nSPS) is 29.4.